The Morgan fingerprint density at radius 2 is 2.05 bits per heavy atom. The smallest absolute Gasteiger partial charge is 0.253 e. The van der Waals surface area contributed by atoms with Gasteiger partial charge in [0.05, 0.1) is 5.56 Å². The van der Waals surface area contributed by atoms with Crippen LogP contribution in [0.3, 0.4) is 0 Å². The monoisotopic (exact) mass is 352 g/mol. The SMILES string of the molecule is CC(C)CC1(CNC(=O)c2cc(Br)ccc2N)CCCC1. The van der Waals surface area contributed by atoms with Crippen molar-refractivity contribution < 1.29 is 4.79 Å². The maximum absolute atomic E-state index is 12.4. The Morgan fingerprint density at radius 1 is 1.38 bits per heavy atom. The lowest BCUT2D eigenvalue weighted by Crippen LogP contribution is -2.37. The molecule has 1 fully saturated rings. The second kappa shape index (κ2) is 6.82. The van der Waals surface area contributed by atoms with E-state index in [1.54, 1.807) is 12.1 Å². The van der Waals surface area contributed by atoms with Crippen molar-refractivity contribution in [3.63, 3.8) is 0 Å². The zero-order valence-electron chi connectivity index (χ0n) is 12.9. The molecule has 1 aromatic carbocycles. The fourth-order valence-electron chi connectivity index (χ4n) is 3.53. The fourth-order valence-corrected chi connectivity index (χ4v) is 3.89. The number of carbonyl (C=O) groups is 1. The van der Waals surface area contributed by atoms with Crippen LogP contribution < -0.4 is 11.1 Å². The molecule has 1 saturated carbocycles. The van der Waals surface area contributed by atoms with Gasteiger partial charge < -0.3 is 11.1 Å². The summed E-state index contributed by atoms with van der Waals surface area (Å²) >= 11 is 3.39. The van der Waals surface area contributed by atoms with Crippen molar-refractivity contribution in [2.45, 2.75) is 46.0 Å². The molecule has 0 bridgehead atoms. The van der Waals surface area contributed by atoms with E-state index in [1.807, 2.05) is 6.07 Å². The average molecular weight is 353 g/mol. The Kier molecular flexibility index (Phi) is 5.31. The van der Waals surface area contributed by atoms with E-state index >= 15 is 0 Å². The van der Waals surface area contributed by atoms with E-state index < -0.39 is 0 Å². The molecule has 0 spiro atoms. The maximum Gasteiger partial charge on any atom is 0.253 e. The molecular weight excluding hydrogens is 328 g/mol. The minimum atomic E-state index is -0.0659. The van der Waals surface area contributed by atoms with Gasteiger partial charge in [0.25, 0.3) is 5.91 Å². The molecule has 1 aliphatic rings. The number of hydrogen-bond acceptors (Lipinski definition) is 2. The first kappa shape index (κ1) is 16.3. The van der Waals surface area contributed by atoms with Gasteiger partial charge in [-0.1, -0.05) is 42.6 Å². The van der Waals surface area contributed by atoms with E-state index in [4.69, 9.17) is 5.73 Å². The van der Waals surface area contributed by atoms with E-state index in [0.717, 1.165) is 11.0 Å². The summed E-state index contributed by atoms with van der Waals surface area (Å²) in [5, 5.41) is 3.12. The average Bonchev–Trinajstić information content (AvgIpc) is 2.87. The number of amides is 1. The maximum atomic E-state index is 12.4. The van der Waals surface area contributed by atoms with Crippen molar-refractivity contribution >= 4 is 27.5 Å². The van der Waals surface area contributed by atoms with Gasteiger partial charge in [0.1, 0.15) is 0 Å². The van der Waals surface area contributed by atoms with Crippen LogP contribution in [-0.2, 0) is 0 Å². The lowest BCUT2D eigenvalue weighted by Gasteiger charge is -2.31. The van der Waals surface area contributed by atoms with Crippen LogP contribution in [0.15, 0.2) is 22.7 Å². The summed E-state index contributed by atoms with van der Waals surface area (Å²) in [6, 6.07) is 5.40. The highest BCUT2D eigenvalue weighted by Gasteiger charge is 2.34. The molecule has 0 aliphatic heterocycles. The highest BCUT2D eigenvalue weighted by atomic mass is 79.9. The lowest BCUT2D eigenvalue weighted by molar-refractivity contribution is 0.0922. The standard InChI is InChI=1S/C17H25BrN2O/c1-12(2)10-17(7-3-4-8-17)11-20-16(21)14-9-13(18)5-6-15(14)19/h5-6,9,12H,3-4,7-8,10-11,19H2,1-2H3,(H,20,21). The largest absolute Gasteiger partial charge is 0.398 e. The molecule has 116 valence electrons. The number of nitrogens with one attached hydrogen (secondary N) is 1. The van der Waals surface area contributed by atoms with E-state index in [9.17, 15) is 4.79 Å². The van der Waals surface area contributed by atoms with Gasteiger partial charge in [-0.05, 0) is 48.8 Å². The van der Waals surface area contributed by atoms with Crippen molar-refractivity contribution in [3.8, 4) is 0 Å². The van der Waals surface area contributed by atoms with Crippen LogP contribution in [-0.4, -0.2) is 12.5 Å². The Labute approximate surface area is 135 Å². The van der Waals surface area contributed by atoms with Gasteiger partial charge in [-0.3, -0.25) is 4.79 Å². The third-order valence-corrected chi connectivity index (χ3v) is 4.88. The minimum absolute atomic E-state index is 0.0659. The third-order valence-electron chi connectivity index (χ3n) is 4.39. The Morgan fingerprint density at radius 3 is 2.67 bits per heavy atom. The molecule has 3 N–H and O–H groups in total. The second-order valence-corrected chi connectivity index (χ2v) is 7.64. The summed E-state index contributed by atoms with van der Waals surface area (Å²) in [6.07, 6.45) is 6.18. The van der Waals surface area contributed by atoms with E-state index in [2.05, 4.69) is 35.1 Å². The number of rotatable bonds is 5. The van der Waals surface area contributed by atoms with Gasteiger partial charge in [-0.15, -0.1) is 0 Å². The zero-order valence-corrected chi connectivity index (χ0v) is 14.5. The van der Waals surface area contributed by atoms with E-state index in [1.165, 1.54) is 32.1 Å². The number of hydrogen-bond donors (Lipinski definition) is 2. The zero-order chi connectivity index (χ0) is 15.5. The third kappa shape index (κ3) is 4.22. The molecule has 1 aliphatic carbocycles. The summed E-state index contributed by atoms with van der Waals surface area (Å²) in [5.74, 6) is 0.597. The summed E-state index contributed by atoms with van der Waals surface area (Å²) in [5.41, 5.74) is 7.27. The predicted molar refractivity (Wildman–Crippen MR) is 91.2 cm³/mol. The Balaban J connectivity index is 2.03. The molecule has 0 heterocycles. The van der Waals surface area contributed by atoms with Crippen LogP contribution in [0.4, 0.5) is 5.69 Å². The molecule has 1 amide bonds. The van der Waals surface area contributed by atoms with E-state index in [-0.39, 0.29) is 11.3 Å². The molecule has 0 saturated heterocycles. The number of nitrogen functional groups attached to an aromatic ring is 1. The highest BCUT2D eigenvalue weighted by Crippen LogP contribution is 2.42. The molecule has 21 heavy (non-hydrogen) atoms. The van der Waals surface area contributed by atoms with Crippen LogP contribution >= 0.6 is 15.9 Å². The first-order valence-electron chi connectivity index (χ1n) is 7.75. The van der Waals surface area contributed by atoms with Crippen molar-refractivity contribution in [2.24, 2.45) is 11.3 Å². The molecular formula is C17H25BrN2O. The van der Waals surface area contributed by atoms with Gasteiger partial charge in [0.2, 0.25) is 0 Å². The van der Waals surface area contributed by atoms with Gasteiger partial charge in [-0.25, -0.2) is 0 Å². The Hall–Kier alpha value is -1.03. The molecule has 0 aromatic heterocycles. The lowest BCUT2D eigenvalue weighted by atomic mass is 9.78. The molecule has 4 heteroatoms. The van der Waals surface area contributed by atoms with Crippen molar-refractivity contribution in [1.29, 1.82) is 0 Å². The first-order chi connectivity index (χ1) is 9.92. The van der Waals surface area contributed by atoms with Crippen LogP contribution in [0, 0.1) is 11.3 Å². The number of benzene rings is 1. The Bertz CT molecular complexity index is 508. The molecule has 2 rings (SSSR count). The fraction of sp³-hybridized carbons (Fsp3) is 0.588. The van der Waals surface area contributed by atoms with Gasteiger partial charge in [0.15, 0.2) is 0 Å². The molecule has 0 radical (unpaired) electrons. The van der Waals surface area contributed by atoms with Crippen LogP contribution in [0.2, 0.25) is 0 Å². The number of carbonyl (C=O) groups excluding carboxylic acids is 1. The summed E-state index contributed by atoms with van der Waals surface area (Å²) in [4.78, 5) is 12.4. The molecule has 1 aromatic rings. The summed E-state index contributed by atoms with van der Waals surface area (Å²) in [6.45, 7) is 5.28. The van der Waals surface area contributed by atoms with Gasteiger partial charge >= 0.3 is 0 Å². The van der Waals surface area contributed by atoms with E-state index in [0.29, 0.717) is 17.2 Å². The summed E-state index contributed by atoms with van der Waals surface area (Å²) in [7, 11) is 0. The summed E-state index contributed by atoms with van der Waals surface area (Å²) < 4.78 is 0.875. The normalized spacial score (nSPS) is 17.1. The molecule has 3 nitrogen and oxygen atoms in total. The second-order valence-electron chi connectivity index (χ2n) is 6.72. The van der Waals surface area contributed by atoms with Gasteiger partial charge in [0, 0.05) is 16.7 Å². The van der Waals surface area contributed by atoms with Crippen LogP contribution in [0.25, 0.3) is 0 Å². The number of halogens is 1. The van der Waals surface area contributed by atoms with Crippen molar-refractivity contribution in [1.82, 2.24) is 5.32 Å². The predicted octanol–water partition coefficient (Wildman–Crippen LogP) is 4.37. The number of anilines is 1. The highest BCUT2D eigenvalue weighted by molar-refractivity contribution is 9.10. The van der Waals surface area contributed by atoms with Crippen LogP contribution in [0.1, 0.15) is 56.3 Å². The quantitative estimate of drug-likeness (QED) is 0.773. The van der Waals surface area contributed by atoms with Crippen molar-refractivity contribution in [2.75, 3.05) is 12.3 Å². The molecule has 0 atom stereocenters. The first-order valence-corrected chi connectivity index (χ1v) is 8.54. The van der Waals surface area contributed by atoms with Crippen molar-refractivity contribution in [3.05, 3.63) is 28.2 Å². The number of nitrogens with two attached hydrogens (primary N) is 1. The molecule has 0 unspecified atom stereocenters. The topological polar surface area (TPSA) is 55.1 Å². The van der Waals surface area contributed by atoms with Gasteiger partial charge in [-0.2, -0.15) is 0 Å². The van der Waals surface area contributed by atoms with Crippen LogP contribution in [0.5, 0.6) is 0 Å². The minimum Gasteiger partial charge on any atom is -0.398 e.